The van der Waals surface area contributed by atoms with Crippen LogP contribution in [0.15, 0.2) is 37.1 Å². The van der Waals surface area contributed by atoms with Crippen molar-refractivity contribution in [3.63, 3.8) is 0 Å². The Morgan fingerprint density at radius 3 is 2.94 bits per heavy atom. The Morgan fingerprint density at radius 2 is 2.35 bits per heavy atom. The molecule has 0 radical (unpaired) electrons. The maximum atomic E-state index is 10.4. The molecule has 17 heavy (non-hydrogen) atoms. The maximum absolute atomic E-state index is 10.4. The molecule has 0 fully saturated rings. The summed E-state index contributed by atoms with van der Waals surface area (Å²) in [7, 11) is 0. The maximum Gasteiger partial charge on any atom is 0.363 e. The van der Waals surface area contributed by atoms with Crippen LogP contribution in [0, 0.1) is 10.1 Å². The van der Waals surface area contributed by atoms with Gasteiger partial charge in [0, 0.05) is 31.5 Å². The van der Waals surface area contributed by atoms with Gasteiger partial charge in [0.1, 0.15) is 0 Å². The topological polar surface area (TPSA) is 85.9 Å². The van der Waals surface area contributed by atoms with Gasteiger partial charge in [-0.15, -0.1) is 0 Å². The van der Waals surface area contributed by atoms with E-state index in [1.165, 1.54) is 12.3 Å². The fraction of sp³-hybridized carbons (Fsp3) is 0.200. The second-order valence-corrected chi connectivity index (χ2v) is 3.39. The van der Waals surface area contributed by atoms with E-state index >= 15 is 0 Å². The molecule has 0 saturated carbocycles. The Hall–Kier alpha value is -2.44. The van der Waals surface area contributed by atoms with Crippen LogP contribution in [0.2, 0.25) is 0 Å². The van der Waals surface area contributed by atoms with Gasteiger partial charge in [-0.05, 0) is 16.0 Å². The lowest BCUT2D eigenvalue weighted by Crippen LogP contribution is -2.09. The van der Waals surface area contributed by atoms with Gasteiger partial charge in [0.15, 0.2) is 6.20 Å². The highest BCUT2D eigenvalue weighted by atomic mass is 16.6. The van der Waals surface area contributed by atoms with Crippen molar-refractivity contribution in [1.29, 1.82) is 0 Å². The van der Waals surface area contributed by atoms with Crippen molar-refractivity contribution in [1.82, 2.24) is 14.5 Å². The van der Waals surface area contributed by atoms with Gasteiger partial charge >= 0.3 is 5.82 Å². The highest BCUT2D eigenvalue weighted by Gasteiger charge is 2.05. The highest BCUT2D eigenvalue weighted by Crippen LogP contribution is 2.10. The minimum atomic E-state index is -0.519. The largest absolute Gasteiger partial charge is 0.380 e. The Labute approximate surface area is 97.3 Å². The van der Waals surface area contributed by atoms with Crippen molar-refractivity contribution in [2.45, 2.75) is 6.54 Å². The van der Waals surface area contributed by atoms with Gasteiger partial charge in [-0.3, -0.25) is 0 Å². The average Bonchev–Trinajstić information content (AvgIpc) is 2.83. The molecule has 0 spiro atoms. The third-order valence-electron chi connectivity index (χ3n) is 2.19. The first-order chi connectivity index (χ1) is 8.25. The predicted molar refractivity (Wildman–Crippen MR) is 61.6 cm³/mol. The third-order valence-corrected chi connectivity index (χ3v) is 2.19. The van der Waals surface area contributed by atoms with E-state index in [0.29, 0.717) is 6.54 Å². The Balaban J connectivity index is 1.85. The molecule has 0 bridgehead atoms. The SMILES string of the molecule is O=[N+]([O-])c1ccc(NCCn2ccnc2)cn1. The highest BCUT2D eigenvalue weighted by molar-refractivity contribution is 5.43. The van der Waals surface area contributed by atoms with E-state index in [2.05, 4.69) is 15.3 Å². The van der Waals surface area contributed by atoms with Crippen molar-refractivity contribution < 1.29 is 4.92 Å². The van der Waals surface area contributed by atoms with Crippen LogP contribution < -0.4 is 5.32 Å². The van der Waals surface area contributed by atoms with Gasteiger partial charge in [-0.1, -0.05) is 0 Å². The van der Waals surface area contributed by atoms with Gasteiger partial charge in [0.05, 0.1) is 12.0 Å². The molecule has 7 heteroatoms. The molecular formula is C10H11N5O2. The lowest BCUT2D eigenvalue weighted by Gasteiger charge is -2.04. The molecule has 2 aromatic rings. The van der Waals surface area contributed by atoms with E-state index in [-0.39, 0.29) is 5.82 Å². The summed E-state index contributed by atoms with van der Waals surface area (Å²) in [5, 5.41) is 13.5. The number of nitrogens with one attached hydrogen (secondary N) is 1. The summed E-state index contributed by atoms with van der Waals surface area (Å²) >= 11 is 0. The van der Waals surface area contributed by atoms with Crippen LogP contribution in [0.5, 0.6) is 0 Å². The molecule has 2 aromatic heterocycles. The Morgan fingerprint density at radius 1 is 1.47 bits per heavy atom. The standard InChI is InChI=1S/C10H11N5O2/c16-15(17)10-2-1-9(7-13-10)12-4-6-14-5-3-11-8-14/h1-3,5,7-8,12H,4,6H2. The number of nitrogens with zero attached hydrogens (tertiary/aromatic N) is 4. The molecular weight excluding hydrogens is 222 g/mol. The van der Waals surface area contributed by atoms with Gasteiger partial charge < -0.3 is 20.0 Å². The molecule has 0 saturated heterocycles. The number of nitro groups is 1. The summed E-state index contributed by atoms with van der Waals surface area (Å²) in [5.41, 5.74) is 0.760. The van der Waals surface area contributed by atoms with Gasteiger partial charge in [-0.2, -0.15) is 0 Å². The third kappa shape index (κ3) is 3.00. The first-order valence-electron chi connectivity index (χ1n) is 5.06. The number of hydrogen-bond donors (Lipinski definition) is 1. The molecule has 7 nitrogen and oxygen atoms in total. The number of aromatic nitrogens is 3. The van der Waals surface area contributed by atoms with Gasteiger partial charge in [0.25, 0.3) is 0 Å². The van der Waals surface area contributed by atoms with Crippen LogP contribution in [0.3, 0.4) is 0 Å². The second-order valence-electron chi connectivity index (χ2n) is 3.39. The Kier molecular flexibility index (Phi) is 3.29. The minimum absolute atomic E-state index is 0.148. The van der Waals surface area contributed by atoms with Crippen molar-refractivity contribution in [2.24, 2.45) is 0 Å². The van der Waals surface area contributed by atoms with Crippen molar-refractivity contribution in [3.05, 3.63) is 47.2 Å². The van der Waals surface area contributed by atoms with Crippen LogP contribution in [0.25, 0.3) is 0 Å². The van der Waals surface area contributed by atoms with E-state index in [4.69, 9.17) is 0 Å². The molecule has 2 rings (SSSR count). The molecule has 0 atom stereocenters. The molecule has 0 amide bonds. The molecule has 0 aliphatic heterocycles. The van der Waals surface area contributed by atoms with Gasteiger partial charge in [-0.25, -0.2) is 4.98 Å². The zero-order valence-corrected chi connectivity index (χ0v) is 8.98. The van der Waals surface area contributed by atoms with Gasteiger partial charge in [0.2, 0.25) is 0 Å². The summed E-state index contributed by atoms with van der Waals surface area (Å²) in [6.45, 7) is 1.48. The zero-order valence-electron chi connectivity index (χ0n) is 8.98. The fourth-order valence-electron chi connectivity index (χ4n) is 1.35. The Bertz CT molecular complexity index is 480. The van der Waals surface area contributed by atoms with E-state index in [1.807, 2.05) is 10.8 Å². The van der Waals surface area contributed by atoms with E-state index in [1.54, 1.807) is 18.6 Å². The number of pyridine rings is 1. The lowest BCUT2D eigenvalue weighted by molar-refractivity contribution is -0.389. The number of anilines is 1. The molecule has 88 valence electrons. The number of imidazole rings is 1. The first kappa shape index (κ1) is 11.1. The summed E-state index contributed by atoms with van der Waals surface area (Å²) in [5.74, 6) is -0.148. The van der Waals surface area contributed by atoms with Crippen LogP contribution in [0.1, 0.15) is 0 Å². The van der Waals surface area contributed by atoms with E-state index in [0.717, 1.165) is 12.2 Å². The minimum Gasteiger partial charge on any atom is -0.380 e. The normalized spacial score (nSPS) is 10.1. The van der Waals surface area contributed by atoms with Crippen LogP contribution in [-0.2, 0) is 6.54 Å². The van der Waals surface area contributed by atoms with Crippen molar-refractivity contribution >= 4 is 11.5 Å². The summed E-state index contributed by atoms with van der Waals surface area (Å²) in [4.78, 5) is 17.5. The van der Waals surface area contributed by atoms with Crippen LogP contribution in [0.4, 0.5) is 11.5 Å². The summed E-state index contributed by atoms with van der Waals surface area (Å²) in [6, 6.07) is 3.01. The smallest absolute Gasteiger partial charge is 0.363 e. The van der Waals surface area contributed by atoms with E-state index < -0.39 is 4.92 Å². The molecule has 0 aliphatic rings. The monoisotopic (exact) mass is 233 g/mol. The molecule has 1 N–H and O–H groups in total. The molecule has 0 aromatic carbocycles. The number of rotatable bonds is 5. The summed E-state index contributed by atoms with van der Waals surface area (Å²) < 4.78 is 1.94. The quantitative estimate of drug-likeness (QED) is 0.621. The van der Waals surface area contributed by atoms with E-state index in [9.17, 15) is 10.1 Å². The second kappa shape index (κ2) is 5.06. The van der Waals surface area contributed by atoms with Crippen molar-refractivity contribution in [3.8, 4) is 0 Å². The predicted octanol–water partition coefficient (Wildman–Crippen LogP) is 1.30. The number of hydrogen-bond acceptors (Lipinski definition) is 5. The molecule has 2 heterocycles. The van der Waals surface area contributed by atoms with Crippen LogP contribution >= 0.6 is 0 Å². The van der Waals surface area contributed by atoms with Crippen molar-refractivity contribution in [2.75, 3.05) is 11.9 Å². The average molecular weight is 233 g/mol. The zero-order chi connectivity index (χ0) is 12.1. The van der Waals surface area contributed by atoms with Crippen LogP contribution in [-0.4, -0.2) is 26.0 Å². The lowest BCUT2D eigenvalue weighted by atomic mass is 10.4. The first-order valence-corrected chi connectivity index (χ1v) is 5.06. The fourth-order valence-corrected chi connectivity index (χ4v) is 1.35. The molecule has 0 unspecified atom stereocenters. The molecule has 0 aliphatic carbocycles. The summed E-state index contributed by atoms with van der Waals surface area (Å²) in [6.07, 6.45) is 6.77.